The summed E-state index contributed by atoms with van der Waals surface area (Å²) in [5, 5.41) is 19.6. The molecule has 0 saturated heterocycles. The molecule has 0 aliphatic carbocycles. The van der Waals surface area contributed by atoms with Crippen molar-refractivity contribution in [3.63, 3.8) is 0 Å². The minimum Gasteiger partial charge on any atom is -0.507 e. The molecule has 2 N–H and O–H groups in total. The first-order valence-corrected chi connectivity index (χ1v) is 9.39. The highest BCUT2D eigenvalue weighted by Crippen LogP contribution is 2.39. The predicted octanol–water partition coefficient (Wildman–Crippen LogP) is 6.27. The van der Waals surface area contributed by atoms with Crippen molar-refractivity contribution >= 4 is 16.5 Å². The summed E-state index contributed by atoms with van der Waals surface area (Å²) in [6.07, 6.45) is 5.40. The molecule has 0 atom stereocenters. The molecule has 0 amide bonds. The Morgan fingerprint density at radius 1 is 1.00 bits per heavy atom. The lowest BCUT2D eigenvalue weighted by Crippen LogP contribution is -2.03. The van der Waals surface area contributed by atoms with E-state index in [0.717, 1.165) is 6.07 Å². The van der Waals surface area contributed by atoms with Gasteiger partial charge in [-0.25, -0.2) is 0 Å². The van der Waals surface area contributed by atoms with Crippen molar-refractivity contribution < 1.29 is 19.4 Å². The van der Waals surface area contributed by atoms with E-state index < -0.39 is 5.43 Å². The maximum Gasteiger partial charge on any atom is 0.204 e. The standard InChI is InChI=1S/C16H16O5.3C2H6/c1-4-6-9(5-2)13-8-11(18)14-10(17)7-12(19)15(20-3)16(14)21-13;3*1-2/h4-8,17,19H,1-3H3;3*1-2H3/b6-4-,9-5+;;;. The third kappa shape index (κ3) is 6.51. The van der Waals surface area contributed by atoms with E-state index in [1.165, 1.54) is 13.2 Å². The Kier molecular flexibility index (Phi) is 14.2. The van der Waals surface area contributed by atoms with Gasteiger partial charge >= 0.3 is 0 Å². The van der Waals surface area contributed by atoms with E-state index in [4.69, 9.17) is 9.15 Å². The largest absolute Gasteiger partial charge is 0.507 e. The van der Waals surface area contributed by atoms with E-state index >= 15 is 0 Å². The van der Waals surface area contributed by atoms with Crippen LogP contribution < -0.4 is 10.2 Å². The molecule has 5 nitrogen and oxygen atoms in total. The smallest absolute Gasteiger partial charge is 0.204 e. The SMILES string of the molecule is C/C=C\C(=C/C)c1cc(=O)c2c(O)cc(O)c(OC)c2o1.CC.CC.CC. The van der Waals surface area contributed by atoms with Crippen molar-refractivity contribution in [3.05, 3.63) is 46.3 Å². The summed E-state index contributed by atoms with van der Waals surface area (Å²) in [6, 6.07) is 2.36. The van der Waals surface area contributed by atoms with Gasteiger partial charge in [-0.15, -0.1) is 0 Å². The van der Waals surface area contributed by atoms with Gasteiger partial charge in [0.25, 0.3) is 0 Å². The summed E-state index contributed by atoms with van der Waals surface area (Å²) in [6.45, 7) is 15.7. The lowest BCUT2D eigenvalue weighted by molar-refractivity contribution is 0.366. The Balaban J connectivity index is 0. The third-order valence-electron chi connectivity index (χ3n) is 3.06. The summed E-state index contributed by atoms with van der Waals surface area (Å²) >= 11 is 0. The number of phenols is 2. The Morgan fingerprint density at radius 3 is 2.00 bits per heavy atom. The van der Waals surface area contributed by atoms with Crippen molar-refractivity contribution in [2.75, 3.05) is 7.11 Å². The number of ether oxygens (including phenoxy) is 1. The fourth-order valence-corrected chi connectivity index (χ4v) is 2.12. The Labute approximate surface area is 162 Å². The monoisotopic (exact) mass is 378 g/mol. The molecule has 0 fully saturated rings. The first-order chi connectivity index (χ1) is 13.0. The summed E-state index contributed by atoms with van der Waals surface area (Å²) in [7, 11) is 1.35. The molecule has 0 unspecified atom stereocenters. The molecule has 1 aromatic heterocycles. The number of methoxy groups -OCH3 is 1. The molecule has 0 saturated carbocycles. The molecule has 2 rings (SSSR count). The average molecular weight is 379 g/mol. The van der Waals surface area contributed by atoms with Crippen LogP contribution in [0.25, 0.3) is 16.5 Å². The van der Waals surface area contributed by atoms with Crippen molar-refractivity contribution in [3.8, 4) is 17.2 Å². The highest BCUT2D eigenvalue weighted by Gasteiger charge is 2.18. The summed E-state index contributed by atoms with van der Waals surface area (Å²) in [5.41, 5.74) is 0.314. The molecule has 27 heavy (non-hydrogen) atoms. The van der Waals surface area contributed by atoms with Gasteiger partial charge in [-0.2, -0.15) is 0 Å². The zero-order chi connectivity index (χ0) is 21.6. The van der Waals surface area contributed by atoms with E-state index in [9.17, 15) is 15.0 Å². The van der Waals surface area contributed by atoms with Crippen LogP contribution in [0.1, 0.15) is 61.2 Å². The van der Waals surface area contributed by atoms with Crippen LogP contribution in [0, 0.1) is 0 Å². The third-order valence-corrected chi connectivity index (χ3v) is 3.06. The Morgan fingerprint density at radius 2 is 1.56 bits per heavy atom. The minimum absolute atomic E-state index is 0.0117. The number of hydrogen-bond donors (Lipinski definition) is 2. The predicted molar refractivity (Wildman–Crippen MR) is 115 cm³/mol. The van der Waals surface area contributed by atoms with Crippen LogP contribution in [0.15, 0.2) is 39.6 Å². The molecule has 152 valence electrons. The molecule has 1 heterocycles. The molecule has 1 aromatic carbocycles. The number of phenolic OH excluding ortho intramolecular Hbond substituents is 2. The van der Waals surface area contributed by atoms with Crippen LogP contribution in [0.2, 0.25) is 0 Å². The van der Waals surface area contributed by atoms with Crippen molar-refractivity contribution in [2.24, 2.45) is 0 Å². The van der Waals surface area contributed by atoms with Gasteiger partial charge in [0.05, 0.1) is 7.11 Å². The summed E-state index contributed by atoms with van der Waals surface area (Å²) in [4.78, 5) is 12.2. The van der Waals surface area contributed by atoms with E-state index in [0.29, 0.717) is 11.3 Å². The van der Waals surface area contributed by atoms with Gasteiger partial charge in [0.2, 0.25) is 5.75 Å². The highest BCUT2D eigenvalue weighted by molar-refractivity contribution is 5.91. The summed E-state index contributed by atoms with van der Waals surface area (Å²) < 4.78 is 10.7. The van der Waals surface area contributed by atoms with E-state index in [-0.39, 0.29) is 28.2 Å². The molecule has 0 bridgehead atoms. The average Bonchev–Trinajstić information content (AvgIpc) is 2.70. The van der Waals surface area contributed by atoms with Gasteiger partial charge in [0.1, 0.15) is 16.9 Å². The van der Waals surface area contributed by atoms with Crippen molar-refractivity contribution in [2.45, 2.75) is 55.4 Å². The second-order valence-corrected chi connectivity index (χ2v) is 4.37. The van der Waals surface area contributed by atoms with E-state index in [1.54, 1.807) is 12.2 Å². The molecular weight excluding hydrogens is 344 g/mol. The van der Waals surface area contributed by atoms with Crippen LogP contribution in [0.4, 0.5) is 0 Å². The highest BCUT2D eigenvalue weighted by atomic mass is 16.5. The molecule has 5 heteroatoms. The lowest BCUT2D eigenvalue weighted by atomic mass is 10.1. The number of fused-ring (bicyclic) bond motifs is 1. The number of benzene rings is 1. The van der Waals surface area contributed by atoms with Gasteiger partial charge in [0, 0.05) is 17.7 Å². The Hall–Kier alpha value is -2.69. The van der Waals surface area contributed by atoms with Crippen LogP contribution in [-0.2, 0) is 0 Å². The first-order valence-electron chi connectivity index (χ1n) is 9.39. The second kappa shape index (κ2) is 14.5. The first kappa shape index (κ1) is 26.5. The zero-order valence-corrected chi connectivity index (χ0v) is 18.0. The molecule has 0 aliphatic heterocycles. The van der Waals surface area contributed by atoms with E-state index in [1.807, 2.05) is 61.5 Å². The maximum atomic E-state index is 12.2. The zero-order valence-electron chi connectivity index (χ0n) is 18.0. The number of hydrogen-bond acceptors (Lipinski definition) is 5. The van der Waals surface area contributed by atoms with Gasteiger partial charge in [-0.3, -0.25) is 4.79 Å². The molecule has 2 aromatic rings. The van der Waals surface area contributed by atoms with Gasteiger partial charge in [0.15, 0.2) is 16.8 Å². The van der Waals surface area contributed by atoms with Crippen molar-refractivity contribution in [1.29, 1.82) is 0 Å². The van der Waals surface area contributed by atoms with Gasteiger partial charge < -0.3 is 19.4 Å². The number of allylic oxidation sites excluding steroid dienone is 4. The van der Waals surface area contributed by atoms with E-state index in [2.05, 4.69) is 0 Å². The molecule has 0 aliphatic rings. The van der Waals surface area contributed by atoms with Crippen LogP contribution >= 0.6 is 0 Å². The minimum atomic E-state index is -0.411. The molecule has 0 radical (unpaired) electrons. The lowest BCUT2D eigenvalue weighted by Gasteiger charge is -2.10. The van der Waals surface area contributed by atoms with Crippen LogP contribution in [-0.4, -0.2) is 17.3 Å². The van der Waals surface area contributed by atoms with Gasteiger partial charge in [-0.05, 0) is 13.8 Å². The molecular formula is C22H34O5. The van der Waals surface area contributed by atoms with Crippen LogP contribution in [0.5, 0.6) is 17.2 Å². The second-order valence-electron chi connectivity index (χ2n) is 4.37. The number of aromatic hydroxyl groups is 2. The topological polar surface area (TPSA) is 79.9 Å². The van der Waals surface area contributed by atoms with Crippen molar-refractivity contribution in [1.82, 2.24) is 0 Å². The quantitative estimate of drug-likeness (QED) is 0.615. The van der Waals surface area contributed by atoms with Gasteiger partial charge in [-0.1, -0.05) is 59.8 Å². The Bertz CT molecular complexity index is 798. The number of rotatable bonds is 3. The maximum absolute atomic E-state index is 12.2. The van der Waals surface area contributed by atoms with Crippen LogP contribution in [0.3, 0.4) is 0 Å². The fourth-order valence-electron chi connectivity index (χ4n) is 2.12. The fraction of sp³-hybridized carbons (Fsp3) is 0.409. The summed E-state index contributed by atoms with van der Waals surface area (Å²) in [5.74, 6) is -0.304. The molecule has 0 spiro atoms. The normalized spacial score (nSPS) is 10.2.